The zero-order valence-corrected chi connectivity index (χ0v) is 20.0. The quantitative estimate of drug-likeness (QED) is 0.628. The SMILES string of the molecule is COC(=O)c1c(C)[nH]c(C(=O)N2CCCC(C(=O)NCCN(C)C3CCCCC3)C2)c1C. The smallest absolute Gasteiger partial charge is 0.339 e. The lowest BCUT2D eigenvalue weighted by Gasteiger charge is -2.33. The molecule has 1 aromatic rings. The van der Waals surface area contributed by atoms with Gasteiger partial charge in [-0.15, -0.1) is 0 Å². The van der Waals surface area contributed by atoms with Crippen molar-refractivity contribution in [2.45, 2.75) is 64.8 Å². The Morgan fingerprint density at radius 1 is 1.12 bits per heavy atom. The van der Waals surface area contributed by atoms with E-state index in [1.54, 1.807) is 18.7 Å². The number of likely N-dealkylation sites (N-methyl/N-ethyl adjacent to an activating group) is 1. The summed E-state index contributed by atoms with van der Waals surface area (Å²) >= 11 is 0. The van der Waals surface area contributed by atoms with Crippen molar-refractivity contribution < 1.29 is 19.1 Å². The third kappa shape index (κ3) is 5.52. The summed E-state index contributed by atoms with van der Waals surface area (Å²) in [5, 5.41) is 3.08. The molecule has 8 heteroatoms. The number of aryl methyl sites for hydroxylation is 1. The van der Waals surface area contributed by atoms with Crippen LogP contribution < -0.4 is 5.32 Å². The van der Waals surface area contributed by atoms with Crippen LogP contribution in [0.2, 0.25) is 0 Å². The van der Waals surface area contributed by atoms with E-state index in [0.29, 0.717) is 48.2 Å². The molecule has 1 unspecified atom stereocenters. The Balaban J connectivity index is 1.54. The van der Waals surface area contributed by atoms with E-state index in [9.17, 15) is 14.4 Å². The molecule has 2 heterocycles. The number of aromatic amines is 1. The van der Waals surface area contributed by atoms with Crippen molar-refractivity contribution in [1.29, 1.82) is 0 Å². The van der Waals surface area contributed by atoms with Crippen LogP contribution in [0.3, 0.4) is 0 Å². The van der Waals surface area contributed by atoms with Gasteiger partial charge in [-0.05, 0) is 52.1 Å². The van der Waals surface area contributed by atoms with Crippen LogP contribution in [0, 0.1) is 19.8 Å². The van der Waals surface area contributed by atoms with Crippen molar-refractivity contribution in [3.63, 3.8) is 0 Å². The van der Waals surface area contributed by atoms with Crippen LogP contribution in [0.5, 0.6) is 0 Å². The number of carbonyl (C=O) groups excluding carboxylic acids is 3. The average molecular weight is 447 g/mol. The second-order valence-electron chi connectivity index (χ2n) is 9.27. The lowest BCUT2D eigenvalue weighted by molar-refractivity contribution is -0.126. The zero-order chi connectivity index (χ0) is 23.3. The Morgan fingerprint density at radius 3 is 2.53 bits per heavy atom. The fraction of sp³-hybridized carbons (Fsp3) is 0.708. The maximum Gasteiger partial charge on any atom is 0.339 e. The second-order valence-corrected chi connectivity index (χ2v) is 9.27. The third-order valence-electron chi connectivity index (χ3n) is 7.08. The first-order valence-electron chi connectivity index (χ1n) is 11.9. The number of piperidine rings is 1. The van der Waals surface area contributed by atoms with Gasteiger partial charge in [-0.25, -0.2) is 4.79 Å². The van der Waals surface area contributed by atoms with E-state index in [0.717, 1.165) is 19.4 Å². The van der Waals surface area contributed by atoms with Gasteiger partial charge in [-0.2, -0.15) is 0 Å². The maximum atomic E-state index is 13.1. The van der Waals surface area contributed by atoms with Crippen molar-refractivity contribution in [3.8, 4) is 0 Å². The van der Waals surface area contributed by atoms with Gasteiger partial charge in [-0.1, -0.05) is 19.3 Å². The monoisotopic (exact) mass is 446 g/mol. The van der Waals surface area contributed by atoms with Crippen molar-refractivity contribution in [3.05, 3.63) is 22.5 Å². The number of esters is 1. The zero-order valence-electron chi connectivity index (χ0n) is 20.0. The van der Waals surface area contributed by atoms with Crippen LogP contribution in [0.4, 0.5) is 0 Å². The number of rotatable bonds is 7. The molecule has 1 aliphatic carbocycles. The van der Waals surface area contributed by atoms with E-state index < -0.39 is 5.97 Å². The van der Waals surface area contributed by atoms with Crippen molar-refractivity contribution in [2.75, 3.05) is 40.3 Å². The molecule has 1 saturated carbocycles. The molecule has 3 rings (SSSR count). The normalized spacial score (nSPS) is 19.8. The van der Waals surface area contributed by atoms with E-state index in [-0.39, 0.29) is 17.7 Å². The minimum atomic E-state index is -0.454. The van der Waals surface area contributed by atoms with Gasteiger partial charge in [0.15, 0.2) is 0 Å². The first-order chi connectivity index (χ1) is 15.3. The van der Waals surface area contributed by atoms with Crippen LogP contribution in [0.25, 0.3) is 0 Å². The Kier molecular flexibility index (Phi) is 8.34. The fourth-order valence-corrected chi connectivity index (χ4v) is 5.11. The van der Waals surface area contributed by atoms with Crippen molar-refractivity contribution in [1.82, 2.24) is 20.1 Å². The Bertz CT molecular complexity index is 828. The lowest BCUT2D eigenvalue weighted by atomic mass is 9.94. The summed E-state index contributed by atoms with van der Waals surface area (Å²) in [6.45, 7) is 6.00. The molecule has 2 aliphatic rings. The third-order valence-corrected chi connectivity index (χ3v) is 7.08. The predicted octanol–water partition coefficient (Wildman–Crippen LogP) is 2.65. The van der Waals surface area contributed by atoms with Crippen LogP contribution in [0.1, 0.15) is 77.0 Å². The number of H-pyrrole nitrogens is 1. The predicted molar refractivity (Wildman–Crippen MR) is 123 cm³/mol. The molecule has 0 radical (unpaired) electrons. The highest BCUT2D eigenvalue weighted by molar-refractivity contribution is 6.00. The van der Waals surface area contributed by atoms with E-state index in [2.05, 4.69) is 22.2 Å². The molecule has 1 saturated heterocycles. The van der Waals surface area contributed by atoms with Gasteiger partial charge in [-0.3, -0.25) is 9.59 Å². The maximum absolute atomic E-state index is 13.1. The average Bonchev–Trinajstić information content (AvgIpc) is 3.12. The standard InChI is InChI=1S/C24H38N4O4/c1-16-20(24(31)32-4)17(2)26-21(16)23(30)28-13-8-9-18(15-28)22(29)25-12-14-27(3)19-10-6-5-7-11-19/h18-19,26H,5-15H2,1-4H3,(H,25,29). The van der Waals surface area contributed by atoms with Crippen molar-refractivity contribution in [2.24, 2.45) is 5.92 Å². The highest BCUT2D eigenvalue weighted by Gasteiger charge is 2.31. The molecular weight excluding hydrogens is 408 g/mol. The number of hydrogen-bond acceptors (Lipinski definition) is 5. The molecular formula is C24H38N4O4. The molecule has 178 valence electrons. The van der Waals surface area contributed by atoms with Gasteiger partial charge in [0, 0.05) is 37.9 Å². The molecule has 0 spiro atoms. The number of nitrogens with one attached hydrogen (secondary N) is 2. The summed E-state index contributed by atoms with van der Waals surface area (Å²) in [5.74, 6) is -0.807. The number of methoxy groups -OCH3 is 1. The van der Waals surface area contributed by atoms with Gasteiger partial charge in [0.1, 0.15) is 5.69 Å². The lowest BCUT2D eigenvalue weighted by Crippen LogP contribution is -2.47. The van der Waals surface area contributed by atoms with E-state index in [4.69, 9.17) is 4.74 Å². The Hall–Kier alpha value is -2.35. The molecule has 2 fully saturated rings. The Morgan fingerprint density at radius 2 is 1.84 bits per heavy atom. The summed E-state index contributed by atoms with van der Waals surface area (Å²) in [6, 6.07) is 0.630. The Labute approximate surface area is 191 Å². The molecule has 2 amide bonds. The van der Waals surface area contributed by atoms with Crippen LogP contribution >= 0.6 is 0 Å². The van der Waals surface area contributed by atoms with Gasteiger partial charge < -0.3 is 24.8 Å². The van der Waals surface area contributed by atoms with Gasteiger partial charge in [0.25, 0.3) is 5.91 Å². The summed E-state index contributed by atoms with van der Waals surface area (Å²) in [4.78, 5) is 45.1. The number of likely N-dealkylation sites (tertiary alicyclic amines) is 1. The van der Waals surface area contributed by atoms with E-state index >= 15 is 0 Å². The van der Waals surface area contributed by atoms with E-state index in [1.807, 2.05) is 0 Å². The van der Waals surface area contributed by atoms with Crippen LogP contribution in [-0.4, -0.2) is 78.9 Å². The molecule has 1 aliphatic heterocycles. The number of ether oxygens (including phenoxy) is 1. The van der Waals surface area contributed by atoms with Crippen LogP contribution in [-0.2, 0) is 9.53 Å². The first-order valence-corrected chi connectivity index (χ1v) is 11.9. The second kappa shape index (κ2) is 11.0. The number of carbonyl (C=O) groups is 3. The fourth-order valence-electron chi connectivity index (χ4n) is 5.11. The number of hydrogen-bond donors (Lipinski definition) is 2. The summed E-state index contributed by atoms with van der Waals surface area (Å²) in [6.07, 6.45) is 8.00. The van der Waals surface area contributed by atoms with Gasteiger partial charge in [0.05, 0.1) is 18.6 Å². The molecule has 1 aromatic heterocycles. The molecule has 2 N–H and O–H groups in total. The number of amides is 2. The minimum Gasteiger partial charge on any atom is -0.465 e. The van der Waals surface area contributed by atoms with E-state index in [1.165, 1.54) is 39.2 Å². The summed E-state index contributed by atoms with van der Waals surface area (Å²) < 4.78 is 4.84. The molecule has 8 nitrogen and oxygen atoms in total. The molecule has 1 atom stereocenters. The van der Waals surface area contributed by atoms with Gasteiger partial charge >= 0.3 is 5.97 Å². The number of nitrogens with zero attached hydrogens (tertiary/aromatic N) is 2. The highest BCUT2D eigenvalue weighted by atomic mass is 16.5. The van der Waals surface area contributed by atoms with Gasteiger partial charge in [0.2, 0.25) is 5.91 Å². The summed E-state index contributed by atoms with van der Waals surface area (Å²) in [5.41, 5.74) is 2.02. The van der Waals surface area contributed by atoms with Crippen LogP contribution in [0.15, 0.2) is 0 Å². The first kappa shape index (κ1) is 24.3. The minimum absolute atomic E-state index is 0.0224. The number of aromatic nitrogens is 1. The highest BCUT2D eigenvalue weighted by Crippen LogP contribution is 2.24. The molecule has 32 heavy (non-hydrogen) atoms. The molecule has 0 bridgehead atoms. The van der Waals surface area contributed by atoms with Crippen molar-refractivity contribution >= 4 is 17.8 Å². The topological polar surface area (TPSA) is 94.7 Å². The summed E-state index contributed by atoms with van der Waals surface area (Å²) in [7, 11) is 3.48. The molecule has 0 aromatic carbocycles. The largest absolute Gasteiger partial charge is 0.465 e.